The number of carbonyl (C=O) groups excluding carboxylic acids is 1. The predicted octanol–water partition coefficient (Wildman–Crippen LogP) is 3.15. The normalized spacial score (nSPS) is 11.8. The molecule has 0 aliphatic carbocycles. The lowest BCUT2D eigenvalue weighted by molar-refractivity contribution is -0.384. The Kier molecular flexibility index (Phi) is 6.03. The van der Waals surface area contributed by atoms with Crippen molar-refractivity contribution in [2.75, 3.05) is 6.61 Å². The number of nitrogens with one attached hydrogen (secondary N) is 1. The largest absolute Gasteiger partial charge is 0.396 e. The molecule has 0 spiro atoms. The van der Waals surface area contributed by atoms with Crippen molar-refractivity contribution in [1.29, 1.82) is 0 Å². The van der Waals surface area contributed by atoms with E-state index in [1.54, 1.807) is 13.0 Å². The maximum Gasteiger partial charge on any atom is 0.270 e. The molecule has 2 aromatic carbocycles. The molecule has 2 N–H and O–H groups in total. The molecule has 0 fully saturated rings. The maximum absolute atomic E-state index is 12.5. The van der Waals surface area contributed by atoms with Crippen LogP contribution >= 0.6 is 0 Å². The molecular weight excluding hydrogens is 308 g/mol. The van der Waals surface area contributed by atoms with Crippen LogP contribution in [0.4, 0.5) is 5.69 Å². The van der Waals surface area contributed by atoms with Gasteiger partial charge in [0.25, 0.3) is 11.6 Å². The van der Waals surface area contributed by atoms with E-state index in [2.05, 4.69) is 5.32 Å². The van der Waals surface area contributed by atoms with E-state index in [-0.39, 0.29) is 29.8 Å². The van der Waals surface area contributed by atoms with Gasteiger partial charge in [-0.15, -0.1) is 0 Å². The fraction of sp³-hybridized carbons (Fsp3) is 0.278. The monoisotopic (exact) mass is 328 g/mol. The summed E-state index contributed by atoms with van der Waals surface area (Å²) in [5, 5.41) is 22.9. The summed E-state index contributed by atoms with van der Waals surface area (Å²) in [5.41, 5.74) is 1.74. The third kappa shape index (κ3) is 4.63. The maximum atomic E-state index is 12.5. The number of hydrogen-bond acceptors (Lipinski definition) is 4. The molecule has 0 bridgehead atoms. The number of non-ortho nitro benzene ring substituents is 1. The predicted molar refractivity (Wildman–Crippen MR) is 90.8 cm³/mol. The van der Waals surface area contributed by atoms with Crippen LogP contribution < -0.4 is 5.32 Å². The Morgan fingerprint density at radius 2 is 1.96 bits per heavy atom. The third-order valence-electron chi connectivity index (χ3n) is 3.69. The molecular formula is C18H20N2O4. The number of nitrogens with zero attached hydrogens (tertiary/aromatic N) is 1. The van der Waals surface area contributed by atoms with E-state index >= 15 is 0 Å². The zero-order chi connectivity index (χ0) is 17.5. The molecule has 126 valence electrons. The number of amides is 1. The van der Waals surface area contributed by atoms with Gasteiger partial charge in [0.2, 0.25) is 0 Å². The smallest absolute Gasteiger partial charge is 0.270 e. The fourth-order valence-electron chi connectivity index (χ4n) is 2.54. The van der Waals surface area contributed by atoms with Gasteiger partial charge in [0.05, 0.1) is 11.0 Å². The van der Waals surface area contributed by atoms with Crippen LogP contribution in [0.2, 0.25) is 0 Å². The van der Waals surface area contributed by atoms with E-state index in [0.29, 0.717) is 18.4 Å². The first-order valence-corrected chi connectivity index (χ1v) is 7.74. The number of aliphatic hydroxyl groups excluding tert-OH is 1. The Balaban J connectivity index is 2.23. The van der Waals surface area contributed by atoms with E-state index in [1.807, 2.05) is 30.3 Å². The van der Waals surface area contributed by atoms with Crippen LogP contribution in [0, 0.1) is 17.0 Å². The Hall–Kier alpha value is -2.73. The van der Waals surface area contributed by atoms with Gasteiger partial charge >= 0.3 is 0 Å². The second kappa shape index (κ2) is 8.21. The van der Waals surface area contributed by atoms with Crippen LogP contribution in [0.1, 0.15) is 40.4 Å². The zero-order valence-corrected chi connectivity index (χ0v) is 13.4. The highest BCUT2D eigenvalue weighted by molar-refractivity contribution is 5.95. The summed E-state index contributed by atoms with van der Waals surface area (Å²) < 4.78 is 0. The number of rotatable bonds is 7. The van der Waals surface area contributed by atoms with Crippen LogP contribution in [0.3, 0.4) is 0 Å². The van der Waals surface area contributed by atoms with Gasteiger partial charge < -0.3 is 10.4 Å². The molecule has 0 radical (unpaired) electrons. The van der Waals surface area contributed by atoms with Crippen molar-refractivity contribution in [1.82, 2.24) is 5.32 Å². The number of nitro benzene ring substituents is 1. The molecule has 0 saturated carbocycles. The summed E-state index contributed by atoms with van der Waals surface area (Å²) in [7, 11) is 0. The number of nitro groups is 1. The topological polar surface area (TPSA) is 92.5 Å². The summed E-state index contributed by atoms with van der Waals surface area (Å²) >= 11 is 0. The summed E-state index contributed by atoms with van der Waals surface area (Å²) in [6.07, 6.45) is 1.13. The molecule has 0 aliphatic rings. The second-order valence-corrected chi connectivity index (χ2v) is 5.62. The molecule has 1 amide bonds. The van der Waals surface area contributed by atoms with Gasteiger partial charge in [-0.25, -0.2) is 0 Å². The number of aliphatic hydroxyl groups is 1. The van der Waals surface area contributed by atoms with Gasteiger partial charge in [0.15, 0.2) is 0 Å². The molecule has 2 aromatic rings. The molecule has 0 aromatic heterocycles. The minimum absolute atomic E-state index is 0.0368. The SMILES string of the molecule is Cc1cc(C(=O)NC(CCCO)c2ccccc2)cc([N+](=O)[O-])c1. The van der Waals surface area contributed by atoms with Crippen molar-refractivity contribution < 1.29 is 14.8 Å². The Labute approximate surface area is 140 Å². The Morgan fingerprint density at radius 3 is 2.58 bits per heavy atom. The summed E-state index contributed by atoms with van der Waals surface area (Å²) in [5.74, 6) is -0.367. The molecule has 0 aliphatic heterocycles. The van der Waals surface area contributed by atoms with Crippen LogP contribution in [-0.2, 0) is 0 Å². The van der Waals surface area contributed by atoms with Crippen molar-refractivity contribution in [3.8, 4) is 0 Å². The molecule has 6 heteroatoms. The van der Waals surface area contributed by atoms with Crippen LogP contribution in [0.25, 0.3) is 0 Å². The van der Waals surface area contributed by atoms with Crippen molar-refractivity contribution in [3.63, 3.8) is 0 Å². The van der Waals surface area contributed by atoms with Crippen LogP contribution in [0.15, 0.2) is 48.5 Å². The van der Waals surface area contributed by atoms with Gasteiger partial charge in [-0.05, 0) is 37.0 Å². The van der Waals surface area contributed by atoms with Crippen molar-refractivity contribution in [2.45, 2.75) is 25.8 Å². The molecule has 24 heavy (non-hydrogen) atoms. The average Bonchev–Trinajstić information content (AvgIpc) is 2.58. The quantitative estimate of drug-likeness (QED) is 0.603. The Morgan fingerprint density at radius 1 is 1.25 bits per heavy atom. The van der Waals surface area contributed by atoms with Gasteiger partial charge in [0, 0.05) is 24.3 Å². The lowest BCUT2D eigenvalue weighted by atomic mass is 10.0. The highest BCUT2D eigenvalue weighted by atomic mass is 16.6. The number of hydrogen-bond donors (Lipinski definition) is 2. The zero-order valence-electron chi connectivity index (χ0n) is 13.4. The average molecular weight is 328 g/mol. The molecule has 1 atom stereocenters. The standard InChI is InChI=1S/C18H20N2O4/c1-13-10-15(12-16(11-13)20(23)24)18(22)19-17(8-5-9-21)14-6-3-2-4-7-14/h2-4,6-7,10-12,17,21H,5,8-9H2,1H3,(H,19,22). The first kappa shape index (κ1) is 17.6. The van der Waals surface area contributed by atoms with E-state index in [1.165, 1.54) is 12.1 Å². The fourth-order valence-corrected chi connectivity index (χ4v) is 2.54. The minimum Gasteiger partial charge on any atom is -0.396 e. The molecule has 0 heterocycles. The molecule has 1 unspecified atom stereocenters. The minimum atomic E-state index is -0.510. The van der Waals surface area contributed by atoms with E-state index in [4.69, 9.17) is 5.11 Å². The number of benzene rings is 2. The molecule has 6 nitrogen and oxygen atoms in total. The summed E-state index contributed by atoms with van der Waals surface area (Å²) in [6, 6.07) is 13.5. The summed E-state index contributed by atoms with van der Waals surface area (Å²) in [4.78, 5) is 23.0. The number of aryl methyl sites for hydroxylation is 1. The highest BCUT2D eigenvalue weighted by Crippen LogP contribution is 2.21. The van der Waals surface area contributed by atoms with Gasteiger partial charge in [-0.3, -0.25) is 14.9 Å². The van der Waals surface area contributed by atoms with Gasteiger partial charge in [0.1, 0.15) is 0 Å². The van der Waals surface area contributed by atoms with Crippen LogP contribution in [0.5, 0.6) is 0 Å². The van der Waals surface area contributed by atoms with E-state index < -0.39 is 4.92 Å². The lowest BCUT2D eigenvalue weighted by Crippen LogP contribution is -2.29. The molecule has 2 rings (SSSR count). The van der Waals surface area contributed by atoms with Gasteiger partial charge in [-0.2, -0.15) is 0 Å². The highest BCUT2D eigenvalue weighted by Gasteiger charge is 2.18. The second-order valence-electron chi connectivity index (χ2n) is 5.62. The van der Waals surface area contributed by atoms with Crippen molar-refractivity contribution in [3.05, 3.63) is 75.3 Å². The molecule has 0 saturated heterocycles. The third-order valence-corrected chi connectivity index (χ3v) is 3.69. The summed E-state index contributed by atoms with van der Waals surface area (Å²) in [6.45, 7) is 1.75. The first-order chi connectivity index (χ1) is 11.5. The van der Waals surface area contributed by atoms with Crippen molar-refractivity contribution >= 4 is 11.6 Å². The van der Waals surface area contributed by atoms with Crippen LogP contribution in [-0.4, -0.2) is 22.5 Å². The van der Waals surface area contributed by atoms with E-state index in [0.717, 1.165) is 5.56 Å². The Bertz CT molecular complexity index is 716. The first-order valence-electron chi connectivity index (χ1n) is 7.74. The number of carbonyl (C=O) groups is 1. The lowest BCUT2D eigenvalue weighted by Gasteiger charge is -2.19. The van der Waals surface area contributed by atoms with Gasteiger partial charge in [-0.1, -0.05) is 30.3 Å². The van der Waals surface area contributed by atoms with E-state index in [9.17, 15) is 14.9 Å². The van der Waals surface area contributed by atoms with Crippen molar-refractivity contribution in [2.24, 2.45) is 0 Å².